The third-order valence-corrected chi connectivity index (χ3v) is 8.10. The Hall–Kier alpha value is -3.69. The highest BCUT2D eigenvalue weighted by atomic mass is 16.5. The monoisotopic (exact) mass is 561 g/mol. The lowest BCUT2D eigenvalue weighted by Gasteiger charge is -2.35. The van der Waals surface area contributed by atoms with Gasteiger partial charge in [0.25, 0.3) is 17.6 Å². The van der Waals surface area contributed by atoms with Crippen LogP contribution in [0.2, 0.25) is 0 Å². The van der Waals surface area contributed by atoms with E-state index in [0.29, 0.717) is 61.9 Å². The number of carbonyl (C=O) groups is 3. The fourth-order valence-electron chi connectivity index (χ4n) is 6.06. The summed E-state index contributed by atoms with van der Waals surface area (Å²) in [4.78, 5) is 47.5. The van der Waals surface area contributed by atoms with Crippen LogP contribution in [0.3, 0.4) is 0 Å². The number of ether oxygens (including phenoxy) is 2. The Kier molecular flexibility index (Phi) is 8.75. The van der Waals surface area contributed by atoms with E-state index < -0.39 is 17.2 Å². The third kappa shape index (κ3) is 5.13. The number of morpholine rings is 1. The summed E-state index contributed by atoms with van der Waals surface area (Å²) < 4.78 is 11.1. The second-order valence-electron chi connectivity index (χ2n) is 10.7. The minimum atomic E-state index is -1.73. The number of aliphatic hydroxyl groups excluding tert-OH is 1. The topological polar surface area (TPSA) is 99.6 Å². The first-order valence-electron chi connectivity index (χ1n) is 14.7. The predicted molar refractivity (Wildman–Crippen MR) is 156 cm³/mol. The summed E-state index contributed by atoms with van der Waals surface area (Å²) in [6, 6.07) is 14.1. The van der Waals surface area contributed by atoms with Gasteiger partial charge < -0.3 is 24.4 Å². The van der Waals surface area contributed by atoms with E-state index in [1.54, 1.807) is 35.2 Å². The number of rotatable bonds is 11. The number of Topliss-reactive ketones (excluding diaryl/α,β-unsaturated/α-hetero) is 1. The molecule has 1 unspecified atom stereocenters. The Labute approximate surface area is 241 Å². The largest absolute Gasteiger partial charge is 0.507 e. The molecule has 9 heteroatoms. The van der Waals surface area contributed by atoms with Crippen LogP contribution in [-0.4, -0.2) is 85.0 Å². The predicted octanol–water partition coefficient (Wildman–Crippen LogP) is 3.92. The molecule has 3 aliphatic rings. The van der Waals surface area contributed by atoms with Crippen molar-refractivity contribution in [2.24, 2.45) is 0 Å². The van der Waals surface area contributed by atoms with Crippen molar-refractivity contribution in [3.63, 3.8) is 0 Å². The van der Waals surface area contributed by atoms with Gasteiger partial charge in [0.15, 0.2) is 5.54 Å². The molecular weight excluding hydrogens is 522 g/mol. The molecule has 3 heterocycles. The van der Waals surface area contributed by atoms with Crippen molar-refractivity contribution in [2.45, 2.75) is 45.1 Å². The highest BCUT2D eigenvalue weighted by Crippen LogP contribution is 2.53. The van der Waals surface area contributed by atoms with E-state index in [1.807, 2.05) is 32.0 Å². The number of amides is 2. The Morgan fingerprint density at radius 2 is 1.66 bits per heavy atom. The summed E-state index contributed by atoms with van der Waals surface area (Å²) in [6.45, 7) is 8.90. The van der Waals surface area contributed by atoms with Crippen molar-refractivity contribution in [3.05, 3.63) is 65.2 Å². The SMILES string of the molecule is CCCCN1C(=O)C2(/C(=C(/O)c3ccc(OCCC)cc3)C(=O)C(=O)N2CCCN2CCOCC2)c2ccccc21. The van der Waals surface area contributed by atoms with Gasteiger partial charge in [-0.1, -0.05) is 38.5 Å². The third-order valence-electron chi connectivity index (χ3n) is 8.10. The molecule has 0 saturated carbocycles. The molecule has 2 fully saturated rings. The molecule has 9 nitrogen and oxygen atoms in total. The van der Waals surface area contributed by atoms with E-state index in [0.717, 1.165) is 32.4 Å². The van der Waals surface area contributed by atoms with Crippen LogP contribution in [0.4, 0.5) is 5.69 Å². The molecule has 1 N–H and O–H groups in total. The number of nitrogens with zero attached hydrogens (tertiary/aromatic N) is 3. The zero-order valence-electron chi connectivity index (χ0n) is 23.9. The lowest BCUT2D eigenvalue weighted by atomic mass is 9.82. The van der Waals surface area contributed by atoms with Crippen molar-refractivity contribution in [1.82, 2.24) is 9.80 Å². The maximum absolute atomic E-state index is 14.6. The van der Waals surface area contributed by atoms with Crippen LogP contribution in [-0.2, 0) is 24.7 Å². The number of anilines is 1. The normalized spacial score (nSPS) is 22.1. The van der Waals surface area contributed by atoms with Crippen LogP contribution in [0.15, 0.2) is 54.1 Å². The molecule has 1 atom stereocenters. The summed E-state index contributed by atoms with van der Waals surface area (Å²) in [5, 5.41) is 11.7. The summed E-state index contributed by atoms with van der Waals surface area (Å²) in [7, 11) is 0. The number of fused-ring (bicyclic) bond motifs is 2. The molecule has 2 aromatic rings. The van der Waals surface area contributed by atoms with Gasteiger partial charge in [-0.2, -0.15) is 0 Å². The van der Waals surface area contributed by atoms with Crippen molar-refractivity contribution in [3.8, 4) is 5.75 Å². The zero-order valence-corrected chi connectivity index (χ0v) is 23.9. The van der Waals surface area contributed by atoms with Crippen molar-refractivity contribution in [1.29, 1.82) is 0 Å². The van der Waals surface area contributed by atoms with Crippen molar-refractivity contribution < 1.29 is 29.0 Å². The van der Waals surface area contributed by atoms with Gasteiger partial charge in [0, 0.05) is 43.9 Å². The number of para-hydroxylation sites is 1. The Morgan fingerprint density at radius 3 is 2.37 bits per heavy atom. The van der Waals surface area contributed by atoms with Gasteiger partial charge >= 0.3 is 0 Å². The lowest BCUT2D eigenvalue weighted by Crippen LogP contribution is -2.52. The quantitative estimate of drug-likeness (QED) is 0.252. The number of unbranched alkanes of at least 4 members (excludes halogenated alkanes) is 1. The van der Waals surface area contributed by atoms with Gasteiger partial charge in [-0.05, 0) is 49.6 Å². The van der Waals surface area contributed by atoms with Crippen LogP contribution in [0, 0.1) is 0 Å². The molecule has 0 radical (unpaired) electrons. The average Bonchev–Trinajstić information content (AvgIpc) is 3.38. The van der Waals surface area contributed by atoms with Crippen molar-refractivity contribution in [2.75, 3.05) is 57.4 Å². The highest BCUT2D eigenvalue weighted by molar-refractivity contribution is 6.50. The lowest BCUT2D eigenvalue weighted by molar-refractivity contribution is -0.143. The number of carbonyl (C=O) groups excluding carboxylic acids is 3. The molecule has 41 heavy (non-hydrogen) atoms. The van der Waals surface area contributed by atoms with Gasteiger partial charge in [-0.25, -0.2) is 0 Å². The van der Waals surface area contributed by atoms with Gasteiger partial charge in [0.2, 0.25) is 0 Å². The van der Waals surface area contributed by atoms with E-state index in [9.17, 15) is 19.5 Å². The molecule has 2 amide bonds. The van der Waals surface area contributed by atoms with Crippen molar-refractivity contribution >= 4 is 29.0 Å². The van der Waals surface area contributed by atoms with E-state index in [2.05, 4.69) is 4.90 Å². The number of likely N-dealkylation sites (tertiary alicyclic amines) is 1. The van der Waals surface area contributed by atoms with Crippen LogP contribution >= 0.6 is 0 Å². The van der Waals surface area contributed by atoms with E-state index in [4.69, 9.17) is 9.47 Å². The molecule has 0 bridgehead atoms. The second kappa shape index (κ2) is 12.4. The zero-order chi connectivity index (χ0) is 29.0. The average molecular weight is 562 g/mol. The molecule has 1 spiro atoms. The number of aliphatic hydroxyl groups is 1. The maximum Gasteiger partial charge on any atom is 0.296 e. The fraction of sp³-hybridized carbons (Fsp3) is 0.469. The van der Waals surface area contributed by atoms with Crippen LogP contribution in [0.1, 0.15) is 50.7 Å². The summed E-state index contributed by atoms with van der Waals surface area (Å²) in [5.74, 6) is -1.71. The summed E-state index contributed by atoms with van der Waals surface area (Å²) in [6.07, 6.45) is 3.07. The van der Waals surface area contributed by atoms with Gasteiger partial charge in [0.05, 0.1) is 31.1 Å². The molecule has 0 aliphatic carbocycles. The molecule has 3 aliphatic heterocycles. The molecule has 0 aromatic heterocycles. The van der Waals surface area contributed by atoms with Gasteiger partial charge in [-0.3, -0.25) is 19.3 Å². The molecule has 2 saturated heterocycles. The number of hydrogen-bond donors (Lipinski definition) is 1. The van der Waals surface area contributed by atoms with Gasteiger partial charge in [-0.15, -0.1) is 0 Å². The number of benzene rings is 2. The molecule has 2 aromatic carbocycles. The first kappa shape index (κ1) is 28.8. The Bertz CT molecular complexity index is 1320. The van der Waals surface area contributed by atoms with Crippen LogP contribution in [0.25, 0.3) is 5.76 Å². The van der Waals surface area contributed by atoms with E-state index in [-0.39, 0.29) is 23.8 Å². The van der Waals surface area contributed by atoms with Crippen LogP contribution in [0.5, 0.6) is 5.75 Å². The molecule has 5 rings (SSSR count). The molecule has 218 valence electrons. The smallest absolute Gasteiger partial charge is 0.296 e. The molecular formula is C32H39N3O6. The van der Waals surface area contributed by atoms with Gasteiger partial charge in [0.1, 0.15) is 11.5 Å². The fourth-order valence-corrected chi connectivity index (χ4v) is 6.06. The maximum atomic E-state index is 14.6. The minimum Gasteiger partial charge on any atom is -0.507 e. The number of ketones is 1. The Balaban J connectivity index is 1.60. The highest BCUT2D eigenvalue weighted by Gasteiger charge is 2.66. The first-order valence-corrected chi connectivity index (χ1v) is 14.7. The van der Waals surface area contributed by atoms with E-state index in [1.165, 1.54) is 4.90 Å². The minimum absolute atomic E-state index is 0.174. The number of hydrogen-bond acceptors (Lipinski definition) is 7. The first-order chi connectivity index (χ1) is 19.9. The second-order valence-corrected chi connectivity index (χ2v) is 10.7. The van der Waals surface area contributed by atoms with Crippen LogP contribution < -0.4 is 9.64 Å². The Morgan fingerprint density at radius 1 is 0.927 bits per heavy atom. The van der Waals surface area contributed by atoms with E-state index >= 15 is 0 Å². The summed E-state index contributed by atoms with van der Waals surface area (Å²) in [5.41, 5.74) is -0.342. The standard InChI is InChI=1S/C32H39N3O6/c1-3-5-16-34-26-10-7-6-9-25(26)32(31(34)39)27(28(36)23-11-13-24(14-12-23)41-20-4-2)29(37)30(38)35(32)17-8-15-33-18-21-40-22-19-33/h6-7,9-14,36H,3-5,8,15-22H2,1-2H3/b28-27+. The summed E-state index contributed by atoms with van der Waals surface area (Å²) >= 11 is 0.